The molecule has 1 aromatic carbocycles. The van der Waals surface area contributed by atoms with Crippen LogP contribution in [0.15, 0.2) is 40.8 Å². The maximum atomic E-state index is 12.7. The molecule has 2 N–H and O–H groups in total. The van der Waals surface area contributed by atoms with Crippen LogP contribution in [0, 0.1) is 0 Å². The highest BCUT2D eigenvalue weighted by atomic mass is 35.5. The van der Waals surface area contributed by atoms with E-state index in [-0.39, 0.29) is 34.3 Å². The summed E-state index contributed by atoms with van der Waals surface area (Å²) in [7, 11) is 0. The number of H-pyrrole nitrogens is 1. The number of thioether (sulfide) groups is 1. The number of nitrogens with zero attached hydrogens (tertiary/aromatic N) is 2. The number of carbonyl (C=O) groups is 2. The summed E-state index contributed by atoms with van der Waals surface area (Å²) in [5.41, 5.74) is -0.207. The minimum absolute atomic E-state index is 0.0421. The van der Waals surface area contributed by atoms with E-state index in [1.165, 1.54) is 24.3 Å². The largest absolute Gasteiger partial charge is 0.493 e. The summed E-state index contributed by atoms with van der Waals surface area (Å²) in [5.74, 6) is -1.36. The number of carbonyl (C=O) groups excluding carboxylic acids is 2. The van der Waals surface area contributed by atoms with E-state index in [1.807, 2.05) is 0 Å². The second-order valence-corrected chi connectivity index (χ2v) is 7.67. The Bertz CT molecular complexity index is 1010. The van der Waals surface area contributed by atoms with Gasteiger partial charge in [0.25, 0.3) is 5.56 Å². The Labute approximate surface area is 168 Å². The minimum Gasteiger partial charge on any atom is -0.493 e. The molecule has 1 saturated heterocycles. The van der Waals surface area contributed by atoms with Gasteiger partial charge in [0.05, 0.1) is 16.3 Å². The van der Waals surface area contributed by atoms with Gasteiger partial charge in [-0.15, -0.1) is 6.58 Å². The Kier molecular flexibility index (Phi) is 5.59. The summed E-state index contributed by atoms with van der Waals surface area (Å²) in [6.45, 7) is 3.51. The summed E-state index contributed by atoms with van der Waals surface area (Å²) in [6.07, 6.45) is 1.52. The van der Waals surface area contributed by atoms with Crippen molar-refractivity contribution in [2.24, 2.45) is 0 Å². The van der Waals surface area contributed by atoms with Crippen LogP contribution in [0.5, 0.6) is 5.88 Å². The average molecular weight is 426 g/mol. The molecule has 140 valence electrons. The second-order valence-electron chi connectivity index (χ2n) is 5.64. The smallest absolute Gasteiger partial charge is 0.258 e. The molecule has 1 aliphatic rings. The standard InChI is InChI=1S/C17H13Cl2N3O4S/c1-2-3-9-14(24)20-17(21-15(9)25)27-12-7-13(23)22(16(12)26)11-5-4-8(18)6-10(11)19/h2,4-6,12H,1,3,7H2,(H2,20,21,24,25). The fraction of sp³-hybridized carbons (Fsp3) is 0.176. The van der Waals surface area contributed by atoms with Crippen LogP contribution in [0.2, 0.25) is 10.0 Å². The first kappa shape index (κ1) is 19.5. The topological polar surface area (TPSA) is 103 Å². The molecule has 0 saturated carbocycles. The Balaban J connectivity index is 1.85. The van der Waals surface area contributed by atoms with Crippen molar-refractivity contribution in [2.75, 3.05) is 4.90 Å². The number of imide groups is 1. The lowest BCUT2D eigenvalue weighted by atomic mass is 10.2. The molecule has 2 heterocycles. The van der Waals surface area contributed by atoms with E-state index in [0.29, 0.717) is 5.02 Å². The van der Waals surface area contributed by atoms with Crippen molar-refractivity contribution in [2.45, 2.75) is 23.2 Å². The van der Waals surface area contributed by atoms with Crippen LogP contribution in [-0.4, -0.2) is 32.1 Å². The van der Waals surface area contributed by atoms with Gasteiger partial charge in [-0.25, -0.2) is 4.90 Å². The number of nitrogens with one attached hydrogen (secondary N) is 1. The third-order valence-electron chi connectivity index (χ3n) is 3.83. The van der Waals surface area contributed by atoms with Crippen LogP contribution in [0.25, 0.3) is 0 Å². The number of hydrogen-bond acceptors (Lipinski definition) is 6. The molecule has 3 rings (SSSR count). The lowest BCUT2D eigenvalue weighted by Gasteiger charge is -2.16. The molecule has 0 bridgehead atoms. The summed E-state index contributed by atoms with van der Waals surface area (Å²) in [5, 5.41) is 9.69. The van der Waals surface area contributed by atoms with Crippen LogP contribution < -0.4 is 10.5 Å². The number of anilines is 1. The maximum absolute atomic E-state index is 12.7. The summed E-state index contributed by atoms with van der Waals surface area (Å²) < 4.78 is 0. The summed E-state index contributed by atoms with van der Waals surface area (Å²) >= 11 is 12.8. The van der Waals surface area contributed by atoms with Crippen LogP contribution in [-0.2, 0) is 16.0 Å². The van der Waals surface area contributed by atoms with Crippen molar-refractivity contribution in [3.63, 3.8) is 0 Å². The van der Waals surface area contributed by atoms with Gasteiger partial charge in [-0.05, 0) is 18.2 Å². The molecule has 0 spiro atoms. The zero-order valence-electron chi connectivity index (χ0n) is 13.7. The van der Waals surface area contributed by atoms with E-state index >= 15 is 0 Å². The van der Waals surface area contributed by atoms with Crippen molar-refractivity contribution in [3.8, 4) is 5.88 Å². The first-order valence-electron chi connectivity index (χ1n) is 7.73. The lowest BCUT2D eigenvalue weighted by molar-refractivity contribution is -0.121. The minimum atomic E-state index is -0.808. The predicted octanol–water partition coefficient (Wildman–Crippen LogP) is 2.94. The zero-order chi connectivity index (χ0) is 19.7. The van der Waals surface area contributed by atoms with Crippen LogP contribution >= 0.6 is 35.0 Å². The third kappa shape index (κ3) is 3.87. The van der Waals surface area contributed by atoms with Crippen LogP contribution in [0.4, 0.5) is 5.69 Å². The highest BCUT2D eigenvalue weighted by Gasteiger charge is 2.41. The van der Waals surface area contributed by atoms with Gasteiger partial charge >= 0.3 is 0 Å². The highest BCUT2D eigenvalue weighted by molar-refractivity contribution is 8.00. The van der Waals surface area contributed by atoms with Crippen molar-refractivity contribution in [3.05, 3.63) is 56.8 Å². The van der Waals surface area contributed by atoms with E-state index in [2.05, 4.69) is 16.5 Å². The van der Waals surface area contributed by atoms with Crippen LogP contribution in [0.3, 0.4) is 0 Å². The zero-order valence-corrected chi connectivity index (χ0v) is 16.1. The quantitative estimate of drug-likeness (QED) is 0.433. The number of benzene rings is 1. The van der Waals surface area contributed by atoms with Gasteiger partial charge in [0, 0.05) is 17.9 Å². The van der Waals surface area contributed by atoms with Gasteiger partial charge in [-0.3, -0.25) is 14.4 Å². The molecular formula is C17H13Cl2N3O4S. The number of hydrogen-bond donors (Lipinski definition) is 2. The number of aromatic amines is 1. The van der Waals surface area contributed by atoms with E-state index < -0.39 is 28.5 Å². The number of halogens is 2. The van der Waals surface area contributed by atoms with Gasteiger partial charge in [-0.2, -0.15) is 4.98 Å². The number of rotatable bonds is 5. The van der Waals surface area contributed by atoms with Gasteiger partial charge in [0.2, 0.25) is 17.7 Å². The average Bonchev–Trinajstić information content (AvgIpc) is 2.85. The SMILES string of the molecule is C=CCc1c(O)nc(SC2CC(=O)N(c3ccc(Cl)cc3Cl)C2=O)[nH]c1=O. The molecule has 1 unspecified atom stereocenters. The molecule has 2 amide bonds. The molecule has 1 atom stereocenters. The van der Waals surface area contributed by atoms with Crippen molar-refractivity contribution < 1.29 is 14.7 Å². The Morgan fingerprint density at radius 1 is 1.37 bits per heavy atom. The molecule has 1 fully saturated rings. The van der Waals surface area contributed by atoms with E-state index in [9.17, 15) is 19.5 Å². The molecular weight excluding hydrogens is 413 g/mol. The second kappa shape index (κ2) is 7.75. The van der Waals surface area contributed by atoms with Crippen LogP contribution in [0.1, 0.15) is 12.0 Å². The summed E-state index contributed by atoms with van der Waals surface area (Å²) in [4.78, 5) is 44.4. The molecule has 0 aliphatic carbocycles. The molecule has 1 aromatic heterocycles. The molecule has 27 heavy (non-hydrogen) atoms. The number of aromatic nitrogens is 2. The van der Waals surface area contributed by atoms with Crippen molar-refractivity contribution >= 4 is 52.5 Å². The first-order chi connectivity index (χ1) is 12.8. The van der Waals surface area contributed by atoms with Crippen molar-refractivity contribution in [1.29, 1.82) is 0 Å². The van der Waals surface area contributed by atoms with Gasteiger partial charge in [-0.1, -0.05) is 41.0 Å². The molecule has 2 aromatic rings. The Morgan fingerprint density at radius 3 is 2.74 bits per heavy atom. The molecule has 0 radical (unpaired) electrons. The predicted molar refractivity (Wildman–Crippen MR) is 104 cm³/mol. The van der Waals surface area contributed by atoms with E-state index in [4.69, 9.17) is 23.2 Å². The van der Waals surface area contributed by atoms with Gasteiger partial charge < -0.3 is 10.1 Å². The van der Waals surface area contributed by atoms with E-state index in [1.54, 1.807) is 0 Å². The summed E-state index contributed by atoms with van der Waals surface area (Å²) in [6, 6.07) is 4.46. The third-order valence-corrected chi connectivity index (χ3v) is 5.44. The molecule has 10 heteroatoms. The molecule has 1 aliphatic heterocycles. The van der Waals surface area contributed by atoms with Crippen molar-refractivity contribution in [1.82, 2.24) is 9.97 Å². The number of allylic oxidation sites excluding steroid dienone is 1. The van der Waals surface area contributed by atoms with Gasteiger partial charge in [0.15, 0.2) is 5.16 Å². The number of amides is 2. The fourth-order valence-corrected chi connectivity index (χ4v) is 4.08. The Morgan fingerprint density at radius 2 is 2.11 bits per heavy atom. The molecule has 7 nitrogen and oxygen atoms in total. The van der Waals surface area contributed by atoms with E-state index in [0.717, 1.165) is 16.7 Å². The Hall–Kier alpha value is -2.29. The number of aromatic hydroxyl groups is 1. The monoisotopic (exact) mass is 425 g/mol. The highest BCUT2D eigenvalue weighted by Crippen LogP contribution is 2.36. The normalized spacial score (nSPS) is 16.8. The fourth-order valence-electron chi connectivity index (χ4n) is 2.60. The van der Waals surface area contributed by atoms with Gasteiger partial charge in [0.1, 0.15) is 5.25 Å². The first-order valence-corrected chi connectivity index (χ1v) is 9.37. The lowest BCUT2D eigenvalue weighted by Crippen LogP contribution is -2.31. The maximum Gasteiger partial charge on any atom is 0.258 e.